The average molecular weight is 298 g/mol. The Morgan fingerprint density at radius 2 is 1.18 bits per heavy atom. The maximum absolute atomic E-state index is 2.35. The lowest BCUT2D eigenvalue weighted by atomic mass is 10.0. The highest BCUT2D eigenvalue weighted by atomic mass is 32.1. The van der Waals surface area contributed by atoms with E-state index in [-0.39, 0.29) is 0 Å². The fourth-order valence-electron chi connectivity index (χ4n) is 3.32. The van der Waals surface area contributed by atoms with Crippen molar-refractivity contribution >= 4 is 53.1 Å². The Kier molecular flexibility index (Phi) is 2.39. The summed E-state index contributed by atoms with van der Waals surface area (Å²) in [6.45, 7) is 2.16. The molecule has 0 N–H and O–H groups in total. The van der Waals surface area contributed by atoms with Gasteiger partial charge in [0.25, 0.3) is 0 Å². The van der Waals surface area contributed by atoms with Gasteiger partial charge >= 0.3 is 0 Å². The zero-order valence-corrected chi connectivity index (χ0v) is 13.1. The van der Waals surface area contributed by atoms with Crippen LogP contribution >= 0.6 is 11.3 Å². The second kappa shape index (κ2) is 4.31. The van der Waals surface area contributed by atoms with E-state index >= 15 is 0 Å². The van der Waals surface area contributed by atoms with Crippen molar-refractivity contribution in [2.45, 2.75) is 6.92 Å². The molecule has 0 amide bonds. The Morgan fingerprint density at radius 1 is 0.591 bits per heavy atom. The van der Waals surface area contributed by atoms with E-state index in [1.807, 2.05) is 11.3 Å². The Labute approximate surface area is 132 Å². The highest BCUT2D eigenvalue weighted by Gasteiger charge is 2.08. The molecular formula is C21H14S. The van der Waals surface area contributed by atoms with Gasteiger partial charge in [-0.1, -0.05) is 48.0 Å². The van der Waals surface area contributed by atoms with Crippen LogP contribution < -0.4 is 0 Å². The molecule has 1 aromatic heterocycles. The lowest BCUT2D eigenvalue weighted by Crippen LogP contribution is -1.76. The number of aryl methyl sites for hydroxylation is 1. The molecule has 0 saturated carbocycles. The van der Waals surface area contributed by atoms with Crippen LogP contribution in [0.5, 0.6) is 0 Å². The summed E-state index contributed by atoms with van der Waals surface area (Å²) in [5.74, 6) is 0. The molecule has 22 heavy (non-hydrogen) atoms. The summed E-state index contributed by atoms with van der Waals surface area (Å²) in [7, 11) is 0. The molecule has 0 aliphatic heterocycles. The van der Waals surface area contributed by atoms with Crippen LogP contribution in [0.1, 0.15) is 5.56 Å². The van der Waals surface area contributed by atoms with E-state index in [0.29, 0.717) is 0 Å². The molecule has 4 aromatic carbocycles. The van der Waals surface area contributed by atoms with Gasteiger partial charge in [0, 0.05) is 20.2 Å². The fourth-order valence-corrected chi connectivity index (χ4v) is 4.49. The van der Waals surface area contributed by atoms with Crippen molar-refractivity contribution in [3.05, 3.63) is 72.3 Å². The molecule has 0 spiro atoms. The van der Waals surface area contributed by atoms with Crippen LogP contribution in [0.4, 0.5) is 0 Å². The number of hydrogen-bond acceptors (Lipinski definition) is 1. The summed E-state index contributed by atoms with van der Waals surface area (Å²) in [4.78, 5) is 0. The van der Waals surface area contributed by atoms with Gasteiger partial charge in [-0.2, -0.15) is 0 Å². The Hall–Kier alpha value is -2.38. The van der Waals surface area contributed by atoms with Crippen molar-refractivity contribution < 1.29 is 0 Å². The molecule has 0 radical (unpaired) electrons. The second-order valence-electron chi connectivity index (χ2n) is 6.00. The van der Waals surface area contributed by atoms with Gasteiger partial charge in [0.2, 0.25) is 0 Å². The molecular weight excluding hydrogens is 284 g/mol. The third kappa shape index (κ3) is 1.69. The first kappa shape index (κ1) is 12.2. The smallest absolute Gasteiger partial charge is 0.0361 e. The van der Waals surface area contributed by atoms with Crippen LogP contribution in [0.3, 0.4) is 0 Å². The van der Waals surface area contributed by atoms with Gasteiger partial charge in [-0.3, -0.25) is 0 Å². The van der Waals surface area contributed by atoms with Crippen LogP contribution in [-0.2, 0) is 0 Å². The second-order valence-corrected chi connectivity index (χ2v) is 7.08. The van der Waals surface area contributed by atoms with Crippen LogP contribution in [-0.4, -0.2) is 0 Å². The molecule has 0 aliphatic rings. The molecule has 1 heteroatoms. The van der Waals surface area contributed by atoms with E-state index < -0.39 is 0 Å². The normalized spacial score (nSPS) is 11.9. The highest BCUT2D eigenvalue weighted by molar-refractivity contribution is 7.26. The fraction of sp³-hybridized carbons (Fsp3) is 0.0476. The molecule has 0 saturated heterocycles. The maximum atomic E-state index is 2.35. The first-order valence-corrected chi connectivity index (χ1v) is 8.35. The number of fused-ring (bicyclic) bond motifs is 5. The van der Waals surface area contributed by atoms with Crippen molar-refractivity contribution in [3.8, 4) is 0 Å². The molecule has 5 rings (SSSR count). The number of rotatable bonds is 0. The van der Waals surface area contributed by atoms with Crippen LogP contribution in [0.15, 0.2) is 66.7 Å². The number of hydrogen-bond donors (Lipinski definition) is 0. The van der Waals surface area contributed by atoms with Gasteiger partial charge in [-0.15, -0.1) is 11.3 Å². The topological polar surface area (TPSA) is 0 Å². The van der Waals surface area contributed by atoms with E-state index in [4.69, 9.17) is 0 Å². The van der Waals surface area contributed by atoms with Crippen molar-refractivity contribution in [3.63, 3.8) is 0 Å². The molecule has 0 aliphatic carbocycles. The van der Waals surface area contributed by atoms with Crippen LogP contribution in [0.2, 0.25) is 0 Å². The lowest BCUT2D eigenvalue weighted by Gasteiger charge is -2.01. The van der Waals surface area contributed by atoms with Gasteiger partial charge in [0.15, 0.2) is 0 Å². The minimum Gasteiger partial charge on any atom is -0.135 e. The van der Waals surface area contributed by atoms with Gasteiger partial charge in [0.05, 0.1) is 0 Å². The first-order chi connectivity index (χ1) is 10.8. The minimum atomic E-state index is 1.32. The SMILES string of the molecule is Cc1ccc2cc3sc4cc5ccccc5cc4c3cc2c1. The molecule has 0 unspecified atom stereocenters. The molecule has 0 atom stereocenters. The van der Waals surface area contributed by atoms with Crippen molar-refractivity contribution in [2.75, 3.05) is 0 Å². The Bertz CT molecular complexity index is 1180. The van der Waals surface area contributed by atoms with E-state index in [2.05, 4.69) is 73.7 Å². The Morgan fingerprint density at radius 3 is 1.91 bits per heavy atom. The zero-order valence-electron chi connectivity index (χ0n) is 12.3. The van der Waals surface area contributed by atoms with Gasteiger partial charge in [-0.05, 0) is 52.7 Å². The third-order valence-corrected chi connectivity index (χ3v) is 5.57. The minimum absolute atomic E-state index is 1.32. The summed E-state index contributed by atoms with van der Waals surface area (Å²) in [5.41, 5.74) is 1.32. The third-order valence-electron chi connectivity index (χ3n) is 4.45. The van der Waals surface area contributed by atoms with Crippen LogP contribution in [0.25, 0.3) is 41.7 Å². The van der Waals surface area contributed by atoms with E-state index in [1.165, 1.54) is 47.3 Å². The molecule has 0 nitrogen and oxygen atoms in total. The van der Waals surface area contributed by atoms with E-state index in [1.54, 1.807) is 0 Å². The van der Waals surface area contributed by atoms with Gasteiger partial charge in [0.1, 0.15) is 0 Å². The highest BCUT2D eigenvalue weighted by Crippen LogP contribution is 2.38. The average Bonchev–Trinajstić information content (AvgIpc) is 2.87. The summed E-state index contributed by atoms with van der Waals surface area (Å²) >= 11 is 1.90. The monoisotopic (exact) mass is 298 g/mol. The van der Waals surface area contributed by atoms with Crippen molar-refractivity contribution in [1.82, 2.24) is 0 Å². The summed E-state index contributed by atoms with van der Waals surface area (Å²) < 4.78 is 2.75. The first-order valence-electron chi connectivity index (χ1n) is 7.53. The largest absolute Gasteiger partial charge is 0.135 e. The molecule has 5 aromatic rings. The van der Waals surface area contributed by atoms with Gasteiger partial charge < -0.3 is 0 Å². The number of thiophene rings is 1. The predicted octanol–water partition coefficient (Wildman–Crippen LogP) is 6.67. The molecule has 1 heterocycles. The van der Waals surface area contributed by atoms with E-state index in [0.717, 1.165) is 0 Å². The van der Waals surface area contributed by atoms with Crippen LogP contribution in [0, 0.1) is 6.92 Å². The van der Waals surface area contributed by atoms with Crippen molar-refractivity contribution in [1.29, 1.82) is 0 Å². The maximum Gasteiger partial charge on any atom is 0.0361 e. The quantitative estimate of drug-likeness (QED) is 0.299. The Balaban J connectivity index is 1.98. The van der Waals surface area contributed by atoms with E-state index in [9.17, 15) is 0 Å². The zero-order chi connectivity index (χ0) is 14.7. The van der Waals surface area contributed by atoms with Gasteiger partial charge in [-0.25, -0.2) is 0 Å². The summed E-state index contributed by atoms with van der Waals surface area (Å²) in [6.07, 6.45) is 0. The number of benzene rings is 4. The molecule has 0 bridgehead atoms. The van der Waals surface area contributed by atoms with Crippen molar-refractivity contribution in [2.24, 2.45) is 0 Å². The summed E-state index contributed by atoms with van der Waals surface area (Å²) in [6, 6.07) is 24.7. The standard InChI is InChI=1S/C21H14S/c1-13-6-7-16-12-21-19(10-17(16)8-13)18-9-14-4-2-3-5-15(14)11-20(18)22-21/h2-12H,1H3. The lowest BCUT2D eigenvalue weighted by molar-refractivity contribution is 1.51. The molecule has 104 valence electrons. The molecule has 0 fully saturated rings. The summed E-state index contributed by atoms with van der Waals surface area (Å²) in [5, 5.41) is 8.06. The predicted molar refractivity (Wildman–Crippen MR) is 99.1 cm³/mol.